The number of carbonyl (C=O) groups is 1. The van der Waals surface area contributed by atoms with Gasteiger partial charge in [-0.3, -0.25) is 4.79 Å². The van der Waals surface area contributed by atoms with Crippen LogP contribution in [-0.4, -0.2) is 23.9 Å². The molecule has 2 N–H and O–H groups in total. The maximum atomic E-state index is 12.4. The summed E-state index contributed by atoms with van der Waals surface area (Å²) in [7, 11) is 0. The van der Waals surface area contributed by atoms with Crippen molar-refractivity contribution in [2.45, 2.75) is 26.8 Å². The van der Waals surface area contributed by atoms with E-state index >= 15 is 0 Å². The zero-order chi connectivity index (χ0) is 13.1. The Balaban J connectivity index is 0.00000180. The number of piperidine rings is 1. The highest BCUT2D eigenvalue weighted by Gasteiger charge is 2.25. The average Bonchev–Trinajstić information content (AvgIpc) is 2.37. The predicted octanol–water partition coefficient (Wildman–Crippen LogP) is 2.69. The van der Waals surface area contributed by atoms with E-state index in [0.29, 0.717) is 18.4 Å². The fourth-order valence-electron chi connectivity index (χ4n) is 2.79. The van der Waals surface area contributed by atoms with Crippen LogP contribution in [0.2, 0.25) is 0 Å². The largest absolute Gasteiger partial charge is 0.338 e. The number of hydrogen-bond donors (Lipinski definition) is 1. The van der Waals surface area contributed by atoms with Gasteiger partial charge >= 0.3 is 0 Å². The molecule has 1 aromatic carbocycles. The number of hydrogen-bond acceptors (Lipinski definition) is 2. The molecular weight excluding hydrogens is 260 g/mol. The average molecular weight is 283 g/mol. The Hall–Kier alpha value is -1.06. The number of likely N-dealkylation sites (tertiary alicyclic amines) is 1. The minimum atomic E-state index is 0. The lowest BCUT2D eigenvalue weighted by molar-refractivity contribution is 0.0623. The van der Waals surface area contributed by atoms with Crippen LogP contribution >= 0.6 is 12.4 Å². The van der Waals surface area contributed by atoms with Crippen molar-refractivity contribution in [3.05, 3.63) is 35.4 Å². The highest BCUT2D eigenvalue weighted by atomic mass is 35.5. The quantitative estimate of drug-likeness (QED) is 0.906. The zero-order valence-corrected chi connectivity index (χ0v) is 12.5. The molecule has 0 bridgehead atoms. The summed E-state index contributed by atoms with van der Waals surface area (Å²) < 4.78 is 0. The summed E-state index contributed by atoms with van der Waals surface area (Å²) in [4.78, 5) is 14.4. The van der Waals surface area contributed by atoms with Crippen LogP contribution in [0, 0.1) is 11.8 Å². The van der Waals surface area contributed by atoms with E-state index in [1.165, 1.54) is 6.42 Å². The molecule has 106 valence electrons. The third-order valence-electron chi connectivity index (χ3n) is 3.59. The first-order chi connectivity index (χ1) is 8.60. The van der Waals surface area contributed by atoms with Crippen LogP contribution in [0.15, 0.2) is 24.3 Å². The molecule has 0 radical (unpaired) electrons. The SMILES string of the molecule is CC1CC(C)CN(C(=O)c2ccc(CN)cc2)C1.Cl. The fourth-order valence-corrected chi connectivity index (χ4v) is 2.79. The summed E-state index contributed by atoms with van der Waals surface area (Å²) in [6.45, 7) is 6.71. The Morgan fingerprint density at radius 3 is 2.21 bits per heavy atom. The normalized spacial score (nSPS) is 22.8. The molecule has 1 heterocycles. The van der Waals surface area contributed by atoms with Gasteiger partial charge in [0, 0.05) is 25.2 Å². The molecule has 4 heteroatoms. The van der Waals surface area contributed by atoms with Crippen molar-refractivity contribution in [3.8, 4) is 0 Å². The smallest absolute Gasteiger partial charge is 0.253 e. The molecule has 0 saturated carbocycles. The molecule has 1 aliphatic heterocycles. The van der Waals surface area contributed by atoms with E-state index in [9.17, 15) is 4.79 Å². The van der Waals surface area contributed by atoms with Crippen LogP contribution in [0.25, 0.3) is 0 Å². The van der Waals surface area contributed by atoms with Gasteiger partial charge in [-0.05, 0) is 36.0 Å². The summed E-state index contributed by atoms with van der Waals surface area (Å²) in [6.07, 6.45) is 1.22. The molecule has 2 rings (SSSR count). The molecule has 2 atom stereocenters. The standard InChI is InChI=1S/C15H22N2O.ClH/c1-11-7-12(2)10-17(9-11)15(18)14-5-3-13(8-16)4-6-14;/h3-6,11-12H,7-10,16H2,1-2H3;1H. The van der Waals surface area contributed by atoms with Gasteiger partial charge in [0.1, 0.15) is 0 Å². The summed E-state index contributed by atoms with van der Waals surface area (Å²) in [6, 6.07) is 7.64. The van der Waals surface area contributed by atoms with E-state index in [1.807, 2.05) is 29.2 Å². The maximum absolute atomic E-state index is 12.4. The Labute approximate surface area is 121 Å². The van der Waals surface area contributed by atoms with E-state index in [0.717, 1.165) is 24.2 Å². The van der Waals surface area contributed by atoms with E-state index < -0.39 is 0 Å². The predicted molar refractivity (Wildman–Crippen MR) is 80.4 cm³/mol. The van der Waals surface area contributed by atoms with Crippen LogP contribution in [0.4, 0.5) is 0 Å². The Morgan fingerprint density at radius 1 is 1.21 bits per heavy atom. The first kappa shape index (κ1) is 16.0. The van der Waals surface area contributed by atoms with Gasteiger partial charge in [-0.25, -0.2) is 0 Å². The van der Waals surface area contributed by atoms with E-state index in [-0.39, 0.29) is 18.3 Å². The molecule has 2 unspecified atom stereocenters. The van der Waals surface area contributed by atoms with Crippen LogP contribution in [0.3, 0.4) is 0 Å². The van der Waals surface area contributed by atoms with Gasteiger partial charge in [0.05, 0.1) is 0 Å². The molecule has 3 nitrogen and oxygen atoms in total. The van der Waals surface area contributed by atoms with E-state index in [4.69, 9.17) is 5.73 Å². The number of amides is 1. The van der Waals surface area contributed by atoms with Crippen molar-refractivity contribution in [2.24, 2.45) is 17.6 Å². The van der Waals surface area contributed by atoms with Gasteiger partial charge in [0.2, 0.25) is 0 Å². The second-order valence-corrected chi connectivity index (χ2v) is 5.56. The van der Waals surface area contributed by atoms with Crippen LogP contribution in [0.1, 0.15) is 36.2 Å². The van der Waals surface area contributed by atoms with Gasteiger partial charge in [0.25, 0.3) is 5.91 Å². The number of rotatable bonds is 2. The minimum absolute atomic E-state index is 0. The summed E-state index contributed by atoms with van der Waals surface area (Å²) in [5.74, 6) is 1.35. The van der Waals surface area contributed by atoms with Gasteiger partial charge in [-0.2, -0.15) is 0 Å². The van der Waals surface area contributed by atoms with Crippen molar-refractivity contribution < 1.29 is 4.79 Å². The van der Waals surface area contributed by atoms with Crippen molar-refractivity contribution in [1.82, 2.24) is 4.90 Å². The first-order valence-corrected chi connectivity index (χ1v) is 6.68. The Bertz CT molecular complexity index is 409. The second kappa shape index (κ2) is 6.92. The fraction of sp³-hybridized carbons (Fsp3) is 0.533. The number of nitrogens with two attached hydrogens (primary N) is 1. The summed E-state index contributed by atoms with van der Waals surface area (Å²) in [5, 5.41) is 0. The van der Waals surface area contributed by atoms with Gasteiger partial charge < -0.3 is 10.6 Å². The molecule has 1 fully saturated rings. The van der Waals surface area contributed by atoms with Crippen molar-refractivity contribution in [3.63, 3.8) is 0 Å². The molecule has 0 aromatic heterocycles. The molecular formula is C15H23ClN2O. The highest BCUT2D eigenvalue weighted by molar-refractivity contribution is 5.94. The molecule has 19 heavy (non-hydrogen) atoms. The van der Waals surface area contributed by atoms with E-state index in [1.54, 1.807) is 0 Å². The van der Waals surface area contributed by atoms with E-state index in [2.05, 4.69) is 13.8 Å². The lowest BCUT2D eigenvalue weighted by Gasteiger charge is -2.35. The molecule has 0 spiro atoms. The second-order valence-electron chi connectivity index (χ2n) is 5.56. The van der Waals surface area contributed by atoms with Crippen LogP contribution in [0.5, 0.6) is 0 Å². The summed E-state index contributed by atoms with van der Waals surface area (Å²) in [5.41, 5.74) is 7.39. The Morgan fingerprint density at radius 2 is 1.74 bits per heavy atom. The number of nitrogens with zero attached hydrogens (tertiary/aromatic N) is 1. The molecule has 1 aromatic rings. The highest BCUT2D eigenvalue weighted by Crippen LogP contribution is 2.22. The Kier molecular flexibility index (Phi) is 5.83. The maximum Gasteiger partial charge on any atom is 0.253 e. The van der Waals surface area contributed by atoms with Gasteiger partial charge in [-0.1, -0.05) is 26.0 Å². The third-order valence-corrected chi connectivity index (χ3v) is 3.59. The van der Waals surface area contributed by atoms with Crippen LogP contribution in [-0.2, 0) is 6.54 Å². The van der Waals surface area contributed by atoms with Gasteiger partial charge in [-0.15, -0.1) is 12.4 Å². The minimum Gasteiger partial charge on any atom is -0.338 e. The number of carbonyl (C=O) groups excluding carboxylic acids is 1. The monoisotopic (exact) mass is 282 g/mol. The lowest BCUT2D eigenvalue weighted by atomic mass is 9.91. The van der Waals surface area contributed by atoms with Crippen molar-refractivity contribution >= 4 is 18.3 Å². The molecule has 1 saturated heterocycles. The number of benzene rings is 1. The van der Waals surface area contributed by atoms with Crippen molar-refractivity contribution in [1.29, 1.82) is 0 Å². The van der Waals surface area contributed by atoms with Crippen LogP contribution < -0.4 is 5.73 Å². The van der Waals surface area contributed by atoms with Crippen molar-refractivity contribution in [2.75, 3.05) is 13.1 Å². The first-order valence-electron chi connectivity index (χ1n) is 6.68. The molecule has 1 aliphatic rings. The number of halogens is 1. The molecule has 1 amide bonds. The lowest BCUT2D eigenvalue weighted by Crippen LogP contribution is -2.42. The zero-order valence-electron chi connectivity index (χ0n) is 11.6. The molecule has 0 aliphatic carbocycles. The van der Waals surface area contributed by atoms with Gasteiger partial charge in [0.15, 0.2) is 0 Å². The topological polar surface area (TPSA) is 46.3 Å². The third kappa shape index (κ3) is 3.95. The summed E-state index contributed by atoms with van der Waals surface area (Å²) >= 11 is 0.